The summed E-state index contributed by atoms with van der Waals surface area (Å²) in [5.41, 5.74) is 4.63. The van der Waals surface area contributed by atoms with E-state index in [1.165, 1.54) is 12.1 Å². The highest BCUT2D eigenvalue weighted by Gasteiger charge is 2.27. The number of benzene rings is 1. The molecule has 0 unspecified atom stereocenters. The van der Waals surface area contributed by atoms with Crippen LogP contribution in [0.1, 0.15) is 16.1 Å². The van der Waals surface area contributed by atoms with E-state index in [9.17, 15) is 9.18 Å². The van der Waals surface area contributed by atoms with Crippen LogP contribution in [0.3, 0.4) is 0 Å². The topological polar surface area (TPSA) is 51.0 Å². The van der Waals surface area contributed by atoms with Gasteiger partial charge in [-0.15, -0.1) is 0 Å². The van der Waals surface area contributed by atoms with Crippen molar-refractivity contribution in [3.8, 4) is 22.4 Å². The maximum atomic E-state index is 13.3. The quantitative estimate of drug-likeness (QED) is 0.723. The molecule has 126 valence electrons. The van der Waals surface area contributed by atoms with E-state index in [4.69, 9.17) is 0 Å². The molecule has 1 aliphatic rings. The molecule has 2 aromatic heterocycles. The van der Waals surface area contributed by atoms with E-state index >= 15 is 0 Å². The minimum atomic E-state index is -0.292. The van der Waals surface area contributed by atoms with Gasteiger partial charge in [-0.3, -0.25) is 14.5 Å². The molecule has 0 saturated heterocycles. The lowest BCUT2D eigenvalue weighted by Gasteiger charge is -2.25. The Morgan fingerprint density at radius 1 is 1.08 bits per heavy atom. The van der Waals surface area contributed by atoms with Gasteiger partial charge in [0.25, 0.3) is 5.91 Å². The number of pyridine rings is 1. The fraction of sp³-hybridized carbons (Fsp3) is 0.211. The lowest BCUT2D eigenvalue weighted by atomic mass is 9.93. The Morgan fingerprint density at radius 3 is 2.60 bits per heavy atom. The van der Waals surface area contributed by atoms with Crippen LogP contribution in [0.25, 0.3) is 22.4 Å². The standard InChI is InChI=1S/C19H17FN4O/c1-23-10-8-16-17(19(23)25)14(7-9-21-16)15-11-24(2)22-18(15)12-3-5-13(20)6-4-12/h3-7,9,11H,8,10H2,1-2H3. The third-order valence-electron chi connectivity index (χ3n) is 4.51. The molecule has 3 aromatic rings. The lowest BCUT2D eigenvalue weighted by Crippen LogP contribution is -2.35. The molecule has 6 heteroatoms. The van der Waals surface area contributed by atoms with Crippen LogP contribution in [0.2, 0.25) is 0 Å². The van der Waals surface area contributed by atoms with Crippen molar-refractivity contribution in [3.63, 3.8) is 0 Å². The third kappa shape index (κ3) is 2.59. The highest BCUT2D eigenvalue weighted by Crippen LogP contribution is 2.35. The van der Waals surface area contributed by atoms with Gasteiger partial charge < -0.3 is 4.90 Å². The Labute approximate surface area is 144 Å². The predicted molar refractivity (Wildman–Crippen MR) is 92.5 cm³/mol. The molecular formula is C19H17FN4O. The Morgan fingerprint density at radius 2 is 1.84 bits per heavy atom. The van der Waals surface area contributed by atoms with Crippen molar-refractivity contribution in [1.82, 2.24) is 19.7 Å². The number of carbonyl (C=O) groups excluding carboxylic acids is 1. The first kappa shape index (κ1) is 15.5. The molecule has 0 fully saturated rings. The van der Waals surface area contributed by atoms with Crippen LogP contribution in [0.15, 0.2) is 42.7 Å². The largest absolute Gasteiger partial charge is 0.341 e. The molecule has 0 aliphatic carbocycles. The van der Waals surface area contributed by atoms with E-state index in [-0.39, 0.29) is 11.7 Å². The minimum Gasteiger partial charge on any atom is -0.341 e. The van der Waals surface area contributed by atoms with Crippen LogP contribution in [0.4, 0.5) is 4.39 Å². The molecule has 0 N–H and O–H groups in total. The summed E-state index contributed by atoms with van der Waals surface area (Å²) in [6, 6.07) is 8.06. The summed E-state index contributed by atoms with van der Waals surface area (Å²) in [6.45, 7) is 0.667. The zero-order chi connectivity index (χ0) is 17.6. The van der Waals surface area contributed by atoms with Crippen molar-refractivity contribution < 1.29 is 9.18 Å². The highest BCUT2D eigenvalue weighted by molar-refractivity contribution is 6.03. The van der Waals surface area contributed by atoms with E-state index in [0.29, 0.717) is 12.1 Å². The summed E-state index contributed by atoms with van der Waals surface area (Å²) in [5.74, 6) is -0.322. The zero-order valence-corrected chi connectivity index (χ0v) is 14.0. The van der Waals surface area contributed by atoms with Gasteiger partial charge in [-0.2, -0.15) is 5.10 Å². The van der Waals surface area contributed by atoms with Crippen LogP contribution in [-0.2, 0) is 13.5 Å². The molecule has 1 aliphatic heterocycles. The van der Waals surface area contributed by atoms with Gasteiger partial charge in [-0.1, -0.05) is 0 Å². The van der Waals surface area contributed by atoms with Crippen LogP contribution in [0, 0.1) is 5.82 Å². The molecule has 0 atom stereocenters. The first-order valence-corrected chi connectivity index (χ1v) is 8.08. The fourth-order valence-electron chi connectivity index (χ4n) is 3.23. The number of hydrogen-bond donors (Lipinski definition) is 0. The summed E-state index contributed by atoms with van der Waals surface area (Å²) in [5, 5.41) is 4.53. The molecule has 0 bridgehead atoms. The average Bonchev–Trinajstić information content (AvgIpc) is 3.00. The molecule has 1 aromatic carbocycles. The van der Waals surface area contributed by atoms with E-state index in [2.05, 4.69) is 10.1 Å². The Hall–Kier alpha value is -3.02. The number of aryl methyl sites for hydroxylation is 1. The monoisotopic (exact) mass is 336 g/mol. The average molecular weight is 336 g/mol. The van der Waals surface area contributed by atoms with E-state index in [1.54, 1.807) is 35.0 Å². The number of likely N-dealkylation sites (N-methyl/N-ethyl adjacent to an activating group) is 1. The molecule has 3 heterocycles. The molecular weight excluding hydrogens is 319 g/mol. The normalized spacial score (nSPS) is 13.9. The van der Waals surface area contributed by atoms with Crippen LogP contribution in [0.5, 0.6) is 0 Å². The van der Waals surface area contributed by atoms with Crippen molar-refractivity contribution in [2.45, 2.75) is 6.42 Å². The lowest BCUT2D eigenvalue weighted by molar-refractivity contribution is 0.0780. The van der Waals surface area contributed by atoms with E-state index in [1.807, 2.05) is 19.3 Å². The molecule has 5 nitrogen and oxygen atoms in total. The Bertz CT molecular complexity index is 962. The van der Waals surface area contributed by atoms with Gasteiger partial charge in [0.15, 0.2) is 0 Å². The summed E-state index contributed by atoms with van der Waals surface area (Å²) in [7, 11) is 3.63. The van der Waals surface area contributed by atoms with Gasteiger partial charge >= 0.3 is 0 Å². The van der Waals surface area contributed by atoms with Crippen LogP contribution in [-0.4, -0.2) is 39.2 Å². The number of rotatable bonds is 2. The van der Waals surface area contributed by atoms with Gasteiger partial charge in [0.2, 0.25) is 0 Å². The highest BCUT2D eigenvalue weighted by atomic mass is 19.1. The Kier molecular flexibility index (Phi) is 3.60. The van der Waals surface area contributed by atoms with Gasteiger partial charge in [0.1, 0.15) is 11.5 Å². The fourth-order valence-corrected chi connectivity index (χ4v) is 3.23. The summed E-state index contributed by atoms with van der Waals surface area (Å²) in [6.07, 6.45) is 4.35. The molecule has 0 radical (unpaired) electrons. The number of aromatic nitrogens is 3. The summed E-state index contributed by atoms with van der Waals surface area (Å²) in [4.78, 5) is 18.8. The number of halogens is 1. The number of carbonyl (C=O) groups is 1. The van der Waals surface area contributed by atoms with Gasteiger partial charge in [-0.25, -0.2) is 4.39 Å². The molecule has 25 heavy (non-hydrogen) atoms. The van der Waals surface area contributed by atoms with Crippen molar-refractivity contribution in [2.75, 3.05) is 13.6 Å². The first-order valence-electron chi connectivity index (χ1n) is 8.08. The number of hydrogen-bond acceptors (Lipinski definition) is 3. The maximum Gasteiger partial charge on any atom is 0.256 e. The van der Waals surface area contributed by atoms with E-state index < -0.39 is 0 Å². The second-order valence-electron chi connectivity index (χ2n) is 6.23. The Balaban J connectivity index is 1.93. The molecule has 4 rings (SSSR count). The third-order valence-corrected chi connectivity index (χ3v) is 4.51. The summed E-state index contributed by atoms with van der Waals surface area (Å²) >= 11 is 0. The molecule has 1 amide bonds. The van der Waals surface area contributed by atoms with Crippen molar-refractivity contribution in [3.05, 3.63) is 59.8 Å². The smallest absolute Gasteiger partial charge is 0.256 e. The first-order chi connectivity index (χ1) is 12.0. The van der Waals surface area contributed by atoms with Crippen molar-refractivity contribution in [2.24, 2.45) is 7.05 Å². The second kappa shape index (κ2) is 5.81. The zero-order valence-electron chi connectivity index (χ0n) is 14.0. The molecule has 0 spiro atoms. The van der Waals surface area contributed by atoms with Crippen molar-refractivity contribution in [1.29, 1.82) is 0 Å². The number of nitrogens with zero attached hydrogens (tertiary/aromatic N) is 4. The van der Waals surface area contributed by atoms with Crippen LogP contribution >= 0.6 is 0 Å². The van der Waals surface area contributed by atoms with Gasteiger partial charge in [-0.05, 0) is 30.3 Å². The van der Waals surface area contributed by atoms with Crippen LogP contribution < -0.4 is 0 Å². The SMILES string of the molecule is CN1CCc2nccc(-c3cn(C)nc3-c3ccc(F)cc3)c2C1=O. The second-order valence-corrected chi connectivity index (χ2v) is 6.23. The van der Waals surface area contributed by atoms with E-state index in [0.717, 1.165) is 34.5 Å². The summed E-state index contributed by atoms with van der Waals surface area (Å²) < 4.78 is 15.0. The minimum absolute atomic E-state index is 0.0294. The number of fused-ring (bicyclic) bond motifs is 1. The van der Waals surface area contributed by atoms with Gasteiger partial charge in [0, 0.05) is 56.1 Å². The predicted octanol–water partition coefficient (Wildman–Crippen LogP) is 2.92. The maximum absolute atomic E-state index is 13.3. The van der Waals surface area contributed by atoms with Gasteiger partial charge in [0.05, 0.1) is 11.3 Å². The van der Waals surface area contributed by atoms with Crippen molar-refractivity contribution >= 4 is 5.91 Å². The molecule has 0 saturated carbocycles. The number of amides is 1.